The van der Waals surface area contributed by atoms with Crippen molar-refractivity contribution in [3.63, 3.8) is 0 Å². The average Bonchev–Trinajstić information content (AvgIpc) is 2.55. The van der Waals surface area contributed by atoms with Gasteiger partial charge < -0.3 is 57.9 Å². The van der Waals surface area contributed by atoms with E-state index in [1.54, 1.807) is 0 Å². The van der Waals surface area contributed by atoms with Gasteiger partial charge in [0.15, 0.2) is 12.6 Å². The van der Waals surface area contributed by atoms with Crippen molar-refractivity contribution in [2.75, 3.05) is 13.2 Å². The molecular formula is C12H24CaO11. The molecule has 12 heteroatoms. The fraction of sp³-hybridized carbons (Fsp3) is 1.00. The SMILES string of the molecule is OC[C@H]1O[C@H](O[C@H]2O[C@H](CO)[C@@H](O)[C@H](O)[C@H]2O)[C@H](O)[C@@H](O)[C@@H]1O.[Ca+2].[H-].[H-]. The largest absolute Gasteiger partial charge is 2.00 e. The number of aliphatic hydroxyl groups is 8. The number of ether oxygens (including phenoxy) is 3. The van der Waals surface area contributed by atoms with E-state index >= 15 is 0 Å². The summed E-state index contributed by atoms with van der Waals surface area (Å²) >= 11 is 0. The number of hydrogen-bond acceptors (Lipinski definition) is 11. The van der Waals surface area contributed by atoms with Crippen molar-refractivity contribution in [2.45, 2.75) is 61.4 Å². The Morgan fingerprint density at radius 3 is 1.25 bits per heavy atom. The molecule has 2 fully saturated rings. The van der Waals surface area contributed by atoms with Gasteiger partial charge in [0.1, 0.15) is 48.8 Å². The van der Waals surface area contributed by atoms with Gasteiger partial charge in [0.25, 0.3) is 0 Å². The average molecular weight is 384 g/mol. The van der Waals surface area contributed by atoms with Crippen LogP contribution in [0.3, 0.4) is 0 Å². The topological polar surface area (TPSA) is 190 Å². The van der Waals surface area contributed by atoms with E-state index in [-0.39, 0.29) is 40.6 Å². The van der Waals surface area contributed by atoms with E-state index in [4.69, 9.17) is 24.4 Å². The fourth-order valence-electron chi connectivity index (χ4n) is 2.49. The first-order valence-electron chi connectivity index (χ1n) is 7.08. The molecule has 0 amide bonds. The zero-order valence-corrected chi connectivity index (χ0v) is 14.9. The van der Waals surface area contributed by atoms with Gasteiger partial charge in [0.2, 0.25) is 0 Å². The molecule has 0 aromatic rings. The number of hydrogen-bond donors (Lipinski definition) is 8. The van der Waals surface area contributed by atoms with E-state index in [0.29, 0.717) is 0 Å². The molecule has 11 nitrogen and oxygen atoms in total. The Hall–Kier alpha value is 0.820. The number of rotatable bonds is 4. The zero-order chi connectivity index (χ0) is 17.3. The Labute approximate surface area is 170 Å². The van der Waals surface area contributed by atoms with Gasteiger partial charge in [-0.1, -0.05) is 0 Å². The molecule has 0 radical (unpaired) electrons. The molecule has 0 aromatic heterocycles. The maximum atomic E-state index is 9.84. The third kappa shape index (κ3) is 4.56. The summed E-state index contributed by atoms with van der Waals surface area (Å²) in [6.07, 6.45) is -15.6. The number of aliphatic hydroxyl groups excluding tert-OH is 8. The standard InChI is InChI=1S/C12H22O11.Ca.2H/c13-1-3-5(15)7(17)9(19)11(21-3)23-12-10(20)8(18)6(16)4(2-14)22-12;;;/h3-20H,1-2H2;;;/q;+2;2*-1/t3-,4-,5-,6-,7+,8+,9-,10-,11-,12-;;;/m1.../s1. The molecule has 0 bridgehead atoms. The van der Waals surface area contributed by atoms with Crippen LogP contribution in [0.4, 0.5) is 0 Å². The van der Waals surface area contributed by atoms with E-state index in [0.717, 1.165) is 0 Å². The summed E-state index contributed by atoms with van der Waals surface area (Å²) in [6, 6.07) is 0. The van der Waals surface area contributed by atoms with E-state index in [1.165, 1.54) is 0 Å². The molecule has 2 rings (SSSR count). The van der Waals surface area contributed by atoms with E-state index in [1.807, 2.05) is 0 Å². The van der Waals surface area contributed by atoms with E-state index < -0.39 is 74.6 Å². The summed E-state index contributed by atoms with van der Waals surface area (Å²) in [4.78, 5) is 0. The molecule has 0 saturated carbocycles. The smallest absolute Gasteiger partial charge is 1.00 e. The molecule has 0 spiro atoms. The van der Waals surface area contributed by atoms with Crippen LogP contribution < -0.4 is 0 Å². The summed E-state index contributed by atoms with van der Waals surface area (Å²) in [5, 5.41) is 76.4. The molecule has 2 heterocycles. The second-order valence-electron chi connectivity index (χ2n) is 5.53. The molecule has 140 valence electrons. The van der Waals surface area contributed by atoms with Gasteiger partial charge >= 0.3 is 37.7 Å². The normalized spacial score (nSPS) is 49.5. The molecule has 2 aliphatic heterocycles. The van der Waals surface area contributed by atoms with Crippen molar-refractivity contribution >= 4 is 37.7 Å². The molecule has 0 unspecified atom stereocenters. The first-order chi connectivity index (χ1) is 10.8. The summed E-state index contributed by atoms with van der Waals surface area (Å²) in [7, 11) is 0. The zero-order valence-electron chi connectivity index (χ0n) is 14.7. The van der Waals surface area contributed by atoms with Gasteiger partial charge in [-0.25, -0.2) is 0 Å². The summed E-state index contributed by atoms with van der Waals surface area (Å²) < 4.78 is 15.3. The molecule has 10 atom stereocenters. The Bertz CT molecular complexity index is 360. The Balaban J connectivity index is 0. The minimum absolute atomic E-state index is 0. The summed E-state index contributed by atoms with van der Waals surface area (Å²) in [5.41, 5.74) is 0. The van der Waals surface area contributed by atoms with Gasteiger partial charge in [-0.3, -0.25) is 0 Å². The van der Waals surface area contributed by atoms with Crippen molar-refractivity contribution in [3.8, 4) is 0 Å². The van der Waals surface area contributed by atoms with Crippen LogP contribution in [0.2, 0.25) is 0 Å². The van der Waals surface area contributed by atoms with Crippen LogP contribution in [0.25, 0.3) is 0 Å². The van der Waals surface area contributed by atoms with Gasteiger partial charge in [-0.2, -0.15) is 0 Å². The van der Waals surface area contributed by atoms with Crippen molar-refractivity contribution in [1.29, 1.82) is 0 Å². The van der Waals surface area contributed by atoms with Crippen LogP contribution in [0, 0.1) is 0 Å². The van der Waals surface area contributed by atoms with Crippen LogP contribution in [-0.4, -0.2) is 153 Å². The Morgan fingerprint density at radius 2 is 0.958 bits per heavy atom. The molecule has 2 aliphatic rings. The van der Waals surface area contributed by atoms with Crippen LogP contribution in [0.15, 0.2) is 0 Å². The third-order valence-electron chi connectivity index (χ3n) is 3.97. The van der Waals surface area contributed by atoms with Crippen LogP contribution >= 0.6 is 0 Å². The van der Waals surface area contributed by atoms with Gasteiger partial charge in [-0.15, -0.1) is 0 Å². The second-order valence-corrected chi connectivity index (χ2v) is 5.53. The van der Waals surface area contributed by atoms with Crippen molar-refractivity contribution in [3.05, 3.63) is 0 Å². The fourth-order valence-corrected chi connectivity index (χ4v) is 2.49. The molecular weight excluding hydrogens is 360 g/mol. The van der Waals surface area contributed by atoms with Crippen LogP contribution in [0.1, 0.15) is 2.85 Å². The molecule has 8 N–H and O–H groups in total. The second kappa shape index (κ2) is 9.67. The monoisotopic (exact) mass is 384 g/mol. The van der Waals surface area contributed by atoms with Crippen LogP contribution in [0.5, 0.6) is 0 Å². The molecule has 24 heavy (non-hydrogen) atoms. The summed E-state index contributed by atoms with van der Waals surface area (Å²) in [5.74, 6) is 0. The van der Waals surface area contributed by atoms with Crippen molar-refractivity contribution in [1.82, 2.24) is 0 Å². The predicted molar refractivity (Wildman–Crippen MR) is 76.6 cm³/mol. The predicted octanol–water partition coefficient (Wildman–Crippen LogP) is -5.55. The van der Waals surface area contributed by atoms with Gasteiger partial charge in [-0.05, 0) is 0 Å². The summed E-state index contributed by atoms with van der Waals surface area (Å²) in [6.45, 7) is -1.33. The maximum Gasteiger partial charge on any atom is 2.00 e. The van der Waals surface area contributed by atoms with Crippen molar-refractivity contribution in [2.24, 2.45) is 0 Å². The Morgan fingerprint density at radius 1 is 0.625 bits per heavy atom. The van der Waals surface area contributed by atoms with Gasteiger partial charge in [0.05, 0.1) is 13.2 Å². The third-order valence-corrected chi connectivity index (χ3v) is 3.97. The van der Waals surface area contributed by atoms with Crippen molar-refractivity contribution < 1.29 is 57.9 Å². The quantitative estimate of drug-likeness (QED) is 0.216. The van der Waals surface area contributed by atoms with E-state index in [9.17, 15) is 30.6 Å². The molecule has 2 saturated heterocycles. The minimum Gasteiger partial charge on any atom is -1.00 e. The van der Waals surface area contributed by atoms with Gasteiger partial charge in [0, 0.05) is 0 Å². The maximum absolute atomic E-state index is 9.84. The first-order valence-corrected chi connectivity index (χ1v) is 7.08. The Kier molecular flexibility index (Phi) is 9.21. The first kappa shape index (κ1) is 22.9. The van der Waals surface area contributed by atoms with Crippen LogP contribution in [-0.2, 0) is 14.2 Å². The molecule has 0 aliphatic carbocycles. The minimum atomic E-state index is -1.72. The van der Waals surface area contributed by atoms with E-state index in [2.05, 4.69) is 0 Å². The molecule has 0 aromatic carbocycles.